The zero-order valence-electron chi connectivity index (χ0n) is 10.8. The van der Waals surface area contributed by atoms with Crippen LogP contribution in [0.15, 0.2) is 54.6 Å². The van der Waals surface area contributed by atoms with Crippen LogP contribution in [-0.4, -0.2) is 13.7 Å². The molecule has 0 saturated carbocycles. The van der Waals surface area contributed by atoms with Gasteiger partial charge in [0.25, 0.3) is 0 Å². The number of hydrogen-bond donors (Lipinski definition) is 0. The van der Waals surface area contributed by atoms with Crippen molar-refractivity contribution in [2.75, 3.05) is 13.7 Å². The molecule has 0 radical (unpaired) electrons. The van der Waals surface area contributed by atoms with Gasteiger partial charge in [0.05, 0.1) is 7.11 Å². The average Bonchev–Trinajstić information content (AvgIpc) is 2.46. The van der Waals surface area contributed by atoms with Gasteiger partial charge in [-0.25, -0.2) is 0 Å². The predicted octanol–water partition coefficient (Wildman–Crippen LogP) is 3.82. The Morgan fingerprint density at radius 1 is 0.944 bits per heavy atom. The maximum absolute atomic E-state index is 5.86. The Hall–Kier alpha value is -1.80. The van der Waals surface area contributed by atoms with Gasteiger partial charge >= 0.3 is 0 Å². The second kappa shape index (κ2) is 6.22. The molecule has 0 aliphatic rings. The lowest BCUT2D eigenvalue weighted by Gasteiger charge is -2.18. The van der Waals surface area contributed by atoms with Crippen LogP contribution in [0, 0.1) is 0 Å². The van der Waals surface area contributed by atoms with Crippen molar-refractivity contribution in [1.29, 1.82) is 0 Å². The van der Waals surface area contributed by atoms with E-state index < -0.39 is 0 Å². The van der Waals surface area contributed by atoms with Crippen LogP contribution in [0.3, 0.4) is 0 Å². The van der Waals surface area contributed by atoms with Crippen LogP contribution in [0.4, 0.5) is 0 Å². The van der Waals surface area contributed by atoms with Crippen LogP contribution >= 0.6 is 0 Å². The third kappa shape index (κ3) is 2.90. The zero-order chi connectivity index (χ0) is 12.8. The Kier molecular flexibility index (Phi) is 4.37. The molecule has 2 aromatic rings. The fourth-order valence-corrected chi connectivity index (χ4v) is 1.98. The van der Waals surface area contributed by atoms with E-state index in [1.807, 2.05) is 43.3 Å². The van der Waals surface area contributed by atoms with Crippen LogP contribution < -0.4 is 4.74 Å². The Balaban J connectivity index is 2.35. The third-order valence-electron chi connectivity index (χ3n) is 2.83. The smallest absolute Gasteiger partial charge is 0.119 e. The molecule has 2 nitrogen and oxygen atoms in total. The third-order valence-corrected chi connectivity index (χ3v) is 2.83. The molecule has 94 valence electrons. The van der Waals surface area contributed by atoms with E-state index in [-0.39, 0.29) is 6.10 Å². The Morgan fingerprint density at radius 2 is 1.67 bits per heavy atom. The monoisotopic (exact) mass is 242 g/mol. The summed E-state index contributed by atoms with van der Waals surface area (Å²) in [4.78, 5) is 0. The summed E-state index contributed by atoms with van der Waals surface area (Å²) in [5.74, 6) is 0.855. The largest absolute Gasteiger partial charge is 0.497 e. The van der Waals surface area contributed by atoms with Gasteiger partial charge in [0.15, 0.2) is 0 Å². The summed E-state index contributed by atoms with van der Waals surface area (Å²) in [5, 5.41) is 0. The first-order chi connectivity index (χ1) is 8.85. The van der Waals surface area contributed by atoms with Gasteiger partial charge < -0.3 is 9.47 Å². The molecule has 0 heterocycles. The van der Waals surface area contributed by atoms with Crippen LogP contribution in [0.1, 0.15) is 24.2 Å². The lowest BCUT2D eigenvalue weighted by atomic mass is 10.0. The van der Waals surface area contributed by atoms with Crippen molar-refractivity contribution in [3.63, 3.8) is 0 Å². The van der Waals surface area contributed by atoms with E-state index in [2.05, 4.69) is 18.2 Å². The molecule has 0 aliphatic heterocycles. The second-order valence-corrected chi connectivity index (χ2v) is 4.02. The van der Waals surface area contributed by atoms with E-state index in [1.54, 1.807) is 7.11 Å². The van der Waals surface area contributed by atoms with Crippen LogP contribution in [0.25, 0.3) is 0 Å². The first-order valence-corrected chi connectivity index (χ1v) is 6.15. The number of benzene rings is 2. The van der Waals surface area contributed by atoms with E-state index >= 15 is 0 Å². The van der Waals surface area contributed by atoms with Crippen molar-refractivity contribution in [3.05, 3.63) is 65.7 Å². The highest BCUT2D eigenvalue weighted by molar-refractivity contribution is 5.35. The van der Waals surface area contributed by atoms with Gasteiger partial charge in [0.2, 0.25) is 0 Å². The summed E-state index contributed by atoms with van der Waals surface area (Å²) in [7, 11) is 1.68. The van der Waals surface area contributed by atoms with Gasteiger partial charge in [0.1, 0.15) is 11.9 Å². The maximum atomic E-state index is 5.86. The second-order valence-electron chi connectivity index (χ2n) is 4.02. The lowest BCUT2D eigenvalue weighted by molar-refractivity contribution is 0.0912. The highest BCUT2D eigenvalue weighted by Gasteiger charge is 2.14. The van der Waals surface area contributed by atoms with E-state index in [0.717, 1.165) is 16.9 Å². The molecule has 0 aromatic heterocycles. The summed E-state index contributed by atoms with van der Waals surface area (Å²) < 4.78 is 11.1. The van der Waals surface area contributed by atoms with Gasteiger partial charge in [0, 0.05) is 6.61 Å². The summed E-state index contributed by atoms with van der Waals surface area (Å²) in [6.07, 6.45) is -0.0358. The highest BCUT2D eigenvalue weighted by Crippen LogP contribution is 2.28. The lowest BCUT2D eigenvalue weighted by Crippen LogP contribution is -2.06. The summed E-state index contributed by atoms with van der Waals surface area (Å²) in [6.45, 7) is 2.69. The topological polar surface area (TPSA) is 18.5 Å². The van der Waals surface area contributed by atoms with E-state index in [9.17, 15) is 0 Å². The first-order valence-electron chi connectivity index (χ1n) is 6.15. The molecule has 2 aromatic carbocycles. The molecular formula is C16H18O2. The summed E-state index contributed by atoms with van der Waals surface area (Å²) in [6, 6.07) is 18.3. The number of methoxy groups -OCH3 is 1. The molecule has 0 bridgehead atoms. The molecule has 18 heavy (non-hydrogen) atoms. The van der Waals surface area contributed by atoms with Crippen molar-refractivity contribution in [2.24, 2.45) is 0 Å². The number of ether oxygens (including phenoxy) is 2. The van der Waals surface area contributed by atoms with E-state index in [0.29, 0.717) is 6.61 Å². The Morgan fingerprint density at radius 3 is 2.33 bits per heavy atom. The minimum absolute atomic E-state index is 0.0358. The summed E-state index contributed by atoms with van der Waals surface area (Å²) in [5.41, 5.74) is 2.27. The predicted molar refractivity (Wildman–Crippen MR) is 72.9 cm³/mol. The molecule has 0 N–H and O–H groups in total. The SMILES string of the molecule is CCOC(c1ccccc1)c1cccc(OC)c1. The standard InChI is InChI=1S/C16H18O2/c1-3-18-16(13-8-5-4-6-9-13)14-10-7-11-15(12-14)17-2/h4-12,16H,3H2,1-2H3. The molecule has 0 aliphatic carbocycles. The van der Waals surface area contributed by atoms with Gasteiger partial charge in [-0.05, 0) is 30.2 Å². The van der Waals surface area contributed by atoms with Crippen molar-refractivity contribution in [3.8, 4) is 5.75 Å². The number of hydrogen-bond acceptors (Lipinski definition) is 2. The van der Waals surface area contributed by atoms with Crippen molar-refractivity contribution >= 4 is 0 Å². The minimum atomic E-state index is -0.0358. The van der Waals surface area contributed by atoms with Gasteiger partial charge in [-0.1, -0.05) is 42.5 Å². The molecule has 0 saturated heterocycles. The molecule has 2 rings (SSSR count). The molecule has 1 unspecified atom stereocenters. The molecule has 0 fully saturated rings. The Labute approximate surface area is 108 Å². The van der Waals surface area contributed by atoms with Crippen molar-refractivity contribution < 1.29 is 9.47 Å². The zero-order valence-corrected chi connectivity index (χ0v) is 10.8. The minimum Gasteiger partial charge on any atom is -0.497 e. The van der Waals surface area contributed by atoms with E-state index in [1.165, 1.54) is 0 Å². The first kappa shape index (κ1) is 12.7. The van der Waals surface area contributed by atoms with Crippen LogP contribution in [-0.2, 0) is 4.74 Å². The quantitative estimate of drug-likeness (QED) is 0.793. The summed E-state index contributed by atoms with van der Waals surface area (Å²) >= 11 is 0. The number of rotatable bonds is 5. The fraction of sp³-hybridized carbons (Fsp3) is 0.250. The van der Waals surface area contributed by atoms with Crippen LogP contribution in [0.5, 0.6) is 5.75 Å². The maximum Gasteiger partial charge on any atom is 0.119 e. The van der Waals surface area contributed by atoms with Crippen molar-refractivity contribution in [2.45, 2.75) is 13.0 Å². The van der Waals surface area contributed by atoms with Crippen molar-refractivity contribution in [1.82, 2.24) is 0 Å². The van der Waals surface area contributed by atoms with Gasteiger partial charge in [-0.3, -0.25) is 0 Å². The van der Waals surface area contributed by atoms with E-state index in [4.69, 9.17) is 9.47 Å². The molecule has 2 heteroatoms. The molecule has 1 atom stereocenters. The molecular weight excluding hydrogens is 224 g/mol. The van der Waals surface area contributed by atoms with Gasteiger partial charge in [-0.15, -0.1) is 0 Å². The average molecular weight is 242 g/mol. The highest BCUT2D eigenvalue weighted by atomic mass is 16.5. The normalized spacial score (nSPS) is 12.1. The fourth-order valence-electron chi connectivity index (χ4n) is 1.98. The Bertz CT molecular complexity index is 479. The van der Waals surface area contributed by atoms with Crippen LogP contribution in [0.2, 0.25) is 0 Å². The molecule has 0 spiro atoms. The van der Waals surface area contributed by atoms with Gasteiger partial charge in [-0.2, -0.15) is 0 Å². The molecule has 0 amide bonds.